The fourth-order valence-electron chi connectivity index (χ4n) is 3.43. The quantitative estimate of drug-likeness (QED) is 0.332. The number of benzene rings is 2. The molecule has 0 radical (unpaired) electrons. The number of para-hydroxylation sites is 1. The topological polar surface area (TPSA) is 111 Å². The molecule has 0 fully saturated rings. The van der Waals surface area contributed by atoms with Crippen LogP contribution in [0.2, 0.25) is 5.02 Å². The van der Waals surface area contributed by atoms with Gasteiger partial charge in [-0.2, -0.15) is 0 Å². The number of anilines is 1. The summed E-state index contributed by atoms with van der Waals surface area (Å²) in [5, 5.41) is 3.17. The number of oxazole rings is 1. The van der Waals surface area contributed by atoms with Crippen molar-refractivity contribution < 1.29 is 28.3 Å². The Morgan fingerprint density at radius 1 is 1.23 bits per heavy atom. The normalized spacial score (nSPS) is 12.6. The first-order valence-electron chi connectivity index (χ1n) is 11.2. The zero-order valence-corrected chi connectivity index (χ0v) is 19.8. The Hall–Kier alpha value is -3.85. The number of Topliss-reactive ketones (excluding diaryl/α,β-unsaturated/α-hetero) is 1. The van der Waals surface area contributed by atoms with Gasteiger partial charge in [-0.3, -0.25) is 19.3 Å². The predicted molar refractivity (Wildman–Crippen MR) is 128 cm³/mol. The number of hydrogen-bond donors (Lipinski definition) is 1. The van der Waals surface area contributed by atoms with Gasteiger partial charge in [0.25, 0.3) is 11.8 Å². The van der Waals surface area contributed by atoms with E-state index in [-0.39, 0.29) is 48.9 Å². The third-order valence-corrected chi connectivity index (χ3v) is 5.63. The second-order valence-corrected chi connectivity index (χ2v) is 8.24. The molecule has 3 aromatic rings. The molecule has 2 amide bonds. The number of nitrogens with one attached hydrogen (secondary N) is 1. The molecule has 0 atom stereocenters. The van der Waals surface area contributed by atoms with Crippen LogP contribution >= 0.6 is 11.6 Å². The number of ketones is 1. The maximum atomic E-state index is 12.8. The van der Waals surface area contributed by atoms with Gasteiger partial charge in [-0.15, -0.1) is 0 Å². The summed E-state index contributed by atoms with van der Waals surface area (Å²) in [6.07, 6.45) is 3.08. The maximum absolute atomic E-state index is 12.8. The van der Waals surface area contributed by atoms with Crippen LogP contribution in [-0.4, -0.2) is 42.3 Å². The Morgan fingerprint density at radius 2 is 2.06 bits per heavy atom. The first kappa shape index (κ1) is 24.3. The van der Waals surface area contributed by atoms with Crippen molar-refractivity contribution in [3.05, 3.63) is 70.9 Å². The number of carbonyl (C=O) groups is 3. The van der Waals surface area contributed by atoms with E-state index in [9.17, 15) is 14.4 Å². The molecule has 0 aliphatic carbocycles. The summed E-state index contributed by atoms with van der Waals surface area (Å²) < 4.78 is 16.5. The van der Waals surface area contributed by atoms with Crippen molar-refractivity contribution >= 4 is 34.9 Å². The van der Waals surface area contributed by atoms with Gasteiger partial charge in [0.15, 0.2) is 24.7 Å². The van der Waals surface area contributed by atoms with Crippen molar-refractivity contribution in [2.45, 2.75) is 26.3 Å². The smallest absolute Gasteiger partial charge is 0.273 e. The average molecular weight is 498 g/mol. The summed E-state index contributed by atoms with van der Waals surface area (Å²) >= 11 is 6.08. The molecule has 1 N–H and O–H groups in total. The summed E-state index contributed by atoms with van der Waals surface area (Å²) in [7, 11) is 0. The van der Waals surface area contributed by atoms with Crippen molar-refractivity contribution in [3.63, 3.8) is 0 Å². The minimum absolute atomic E-state index is 0.0226. The molecule has 0 saturated heterocycles. The van der Waals surface area contributed by atoms with Gasteiger partial charge >= 0.3 is 0 Å². The predicted octanol–water partition coefficient (Wildman–Crippen LogP) is 4.05. The van der Waals surface area contributed by atoms with Gasteiger partial charge < -0.3 is 19.2 Å². The zero-order chi connectivity index (χ0) is 24.8. The highest BCUT2D eigenvalue weighted by Crippen LogP contribution is 2.34. The molecule has 0 saturated carbocycles. The highest BCUT2D eigenvalue weighted by atomic mass is 35.5. The molecule has 0 bridgehead atoms. The Labute approximate surface area is 207 Å². The third kappa shape index (κ3) is 5.81. The second-order valence-electron chi connectivity index (χ2n) is 7.83. The van der Waals surface area contributed by atoms with E-state index in [0.29, 0.717) is 34.3 Å². The molecule has 2 aromatic carbocycles. The molecule has 9 nitrogen and oxygen atoms in total. The van der Waals surface area contributed by atoms with Crippen LogP contribution in [0.25, 0.3) is 0 Å². The molecule has 1 aliphatic heterocycles. The Kier molecular flexibility index (Phi) is 7.67. The molecular weight excluding hydrogens is 474 g/mol. The molecule has 35 heavy (non-hydrogen) atoms. The van der Waals surface area contributed by atoms with Crippen molar-refractivity contribution in [3.8, 4) is 11.5 Å². The lowest BCUT2D eigenvalue weighted by Crippen LogP contribution is -2.38. The highest BCUT2D eigenvalue weighted by Gasteiger charge is 2.28. The van der Waals surface area contributed by atoms with Crippen LogP contribution in [-0.2, 0) is 11.3 Å². The monoisotopic (exact) mass is 497 g/mol. The van der Waals surface area contributed by atoms with E-state index < -0.39 is 0 Å². The van der Waals surface area contributed by atoms with Crippen LogP contribution in [0, 0.1) is 0 Å². The fraction of sp³-hybridized carbons (Fsp3) is 0.280. The minimum atomic E-state index is -0.339. The Morgan fingerprint density at radius 3 is 2.86 bits per heavy atom. The number of rotatable bonds is 10. The first-order chi connectivity index (χ1) is 17.0. The van der Waals surface area contributed by atoms with E-state index in [1.165, 1.54) is 11.2 Å². The van der Waals surface area contributed by atoms with Crippen LogP contribution in [0.3, 0.4) is 0 Å². The van der Waals surface area contributed by atoms with Gasteiger partial charge in [-0.1, -0.05) is 37.1 Å². The number of fused-ring (bicyclic) bond motifs is 1. The lowest BCUT2D eigenvalue weighted by Gasteiger charge is -2.28. The van der Waals surface area contributed by atoms with Crippen molar-refractivity contribution in [1.82, 2.24) is 10.3 Å². The van der Waals surface area contributed by atoms with Gasteiger partial charge in [-0.25, -0.2) is 4.98 Å². The van der Waals surface area contributed by atoms with Crippen LogP contribution in [0.4, 0.5) is 5.69 Å². The van der Waals surface area contributed by atoms with Crippen LogP contribution in [0.1, 0.15) is 46.5 Å². The zero-order valence-electron chi connectivity index (χ0n) is 19.1. The van der Waals surface area contributed by atoms with Crippen LogP contribution in [0.5, 0.6) is 11.5 Å². The molecule has 0 unspecified atom stereocenters. The van der Waals surface area contributed by atoms with E-state index in [2.05, 4.69) is 10.3 Å². The summed E-state index contributed by atoms with van der Waals surface area (Å²) in [5.41, 5.74) is 0.872. The molecule has 10 heteroatoms. The number of ether oxygens (including phenoxy) is 2. The number of carbonyl (C=O) groups excluding carboxylic acids is 3. The van der Waals surface area contributed by atoms with Gasteiger partial charge in [-0.05, 0) is 36.8 Å². The molecule has 182 valence electrons. The largest absolute Gasteiger partial charge is 0.484 e. The molecule has 1 aliphatic rings. The lowest BCUT2D eigenvalue weighted by atomic mass is 10.1. The SMILES string of the molecule is CCCCNC(=O)c1coc(CN2C(=O)COc3ccc(C(=O)COc4ccccc4Cl)cc32)n1. The highest BCUT2D eigenvalue weighted by molar-refractivity contribution is 6.32. The van der Waals surface area contributed by atoms with Gasteiger partial charge in [0.2, 0.25) is 5.89 Å². The van der Waals surface area contributed by atoms with Gasteiger partial charge in [0.1, 0.15) is 24.3 Å². The summed E-state index contributed by atoms with van der Waals surface area (Å²) in [4.78, 5) is 43.2. The summed E-state index contributed by atoms with van der Waals surface area (Å²) in [6.45, 7) is 2.16. The fourth-order valence-corrected chi connectivity index (χ4v) is 3.62. The lowest BCUT2D eigenvalue weighted by molar-refractivity contribution is -0.121. The Bertz CT molecular complexity index is 1240. The molecule has 4 rings (SSSR count). The number of hydrogen-bond acceptors (Lipinski definition) is 7. The van der Waals surface area contributed by atoms with E-state index in [1.54, 1.807) is 42.5 Å². The van der Waals surface area contributed by atoms with E-state index >= 15 is 0 Å². The number of nitrogens with zero attached hydrogens (tertiary/aromatic N) is 2. The van der Waals surface area contributed by atoms with E-state index in [0.717, 1.165) is 12.8 Å². The third-order valence-electron chi connectivity index (χ3n) is 5.31. The van der Waals surface area contributed by atoms with Crippen molar-refractivity contribution in [2.75, 3.05) is 24.7 Å². The summed E-state index contributed by atoms with van der Waals surface area (Å²) in [5.74, 6) is 0.0601. The second kappa shape index (κ2) is 11.1. The van der Waals surface area contributed by atoms with Crippen LogP contribution in [0.15, 0.2) is 53.1 Å². The standard InChI is InChI=1S/C25H24ClN3O6/c1-2-3-10-27-25(32)18-13-35-23(28-18)12-29-19-11-16(8-9-22(19)34-15-24(29)31)20(30)14-33-21-7-5-4-6-17(21)26/h4-9,11,13H,2-3,10,12,14-15H2,1H3,(H,27,32). The van der Waals surface area contributed by atoms with Gasteiger partial charge in [0.05, 0.1) is 10.7 Å². The molecule has 1 aromatic heterocycles. The maximum Gasteiger partial charge on any atom is 0.273 e. The number of unbranched alkanes of at least 4 members (excludes halogenated alkanes) is 1. The average Bonchev–Trinajstić information content (AvgIpc) is 3.34. The molecular formula is C25H24ClN3O6. The molecule has 2 heterocycles. The van der Waals surface area contributed by atoms with Crippen molar-refractivity contribution in [1.29, 1.82) is 0 Å². The number of halogens is 1. The molecule has 0 spiro atoms. The van der Waals surface area contributed by atoms with Gasteiger partial charge in [0, 0.05) is 12.1 Å². The number of amides is 2. The van der Waals surface area contributed by atoms with E-state index in [4.69, 9.17) is 25.5 Å². The van der Waals surface area contributed by atoms with E-state index in [1.807, 2.05) is 6.92 Å². The number of aromatic nitrogens is 1. The first-order valence-corrected chi connectivity index (χ1v) is 11.5. The summed E-state index contributed by atoms with van der Waals surface area (Å²) in [6, 6.07) is 11.7. The minimum Gasteiger partial charge on any atom is -0.484 e. The Balaban J connectivity index is 1.48. The van der Waals surface area contributed by atoms with Crippen molar-refractivity contribution in [2.24, 2.45) is 0 Å². The van der Waals surface area contributed by atoms with Crippen LogP contribution < -0.4 is 19.7 Å².